The van der Waals surface area contributed by atoms with E-state index in [1.165, 1.54) is 12.8 Å². The number of para-hydroxylation sites is 1. The van der Waals surface area contributed by atoms with Gasteiger partial charge in [0.05, 0.1) is 17.9 Å². The minimum atomic E-state index is 0.0660. The number of nitrogens with one attached hydrogen (secondary N) is 2. The lowest BCUT2D eigenvalue weighted by Gasteiger charge is -2.32. The third kappa shape index (κ3) is 7.48. The van der Waals surface area contributed by atoms with Gasteiger partial charge in [-0.25, -0.2) is 9.97 Å². The molecule has 1 aromatic carbocycles. The molecule has 1 unspecified atom stereocenters. The number of H-pyrrole nitrogens is 1. The van der Waals surface area contributed by atoms with E-state index in [4.69, 9.17) is 4.74 Å². The highest BCUT2D eigenvalue weighted by molar-refractivity contribution is 5.81. The normalized spacial score (nSPS) is 14.9. The first-order chi connectivity index (χ1) is 16.1. The summed E-state index contributed by atoms with van der Waals surface area (Å²) < 4.78 is 6.05. The van der Waals surface area contributed by atoms with Gasteiger partial charge in [-0.15, -0.1) is 0 Å². The molecule has 2 aromatic heterocycles. The van der Waals surface area contributed by atoms with Crippen LogP contribution in [-0.4, -0.2) is 46.1 Å². The van der Waals surface area contributed by atoms with Gasteiger partial charge in [-0.2, -0.15) is 0 Å². The van der Waals surface area contributed by atoms with Crippen LogP contribution in [0, 0.1) is 0 Å². The Labute approximate surface area is 197 Å². The molecule has 4 rings (SSSR count). The number of anilines is 1. The van der Waals surface area contributed by atoms with Crippen molar-refractivity contribution in [1.82, 2.24) is 20.3 Å². The zero-order valence-electron chi connectivity index (χ0n) is 20.1. The summed E-state index contributed by atoms with van der Waals surface area (Å²) in [4.78, 5) is 24.9. The molecule has 0 radical (unpaired) electrons. The summed E-state index contributed by atoms with van der Waals surface area (Å²) in [6.45, 7) is 7.88. The maximum atomic E-state index is 10.9. The van der Waals surface area contributed by atoms with E-state index in [0.717, 1.165) is 61.4 Å². The molecular formula is C26H37N5O2. The average molecular weight is 452 g/mol. The third-order valence-electron chi connectivity index (χ3n) is 5.92. The van der Waals surface area contributed by atoms with Crippen LogP contribution in [0.15, 0.2) is 48.9 Å². The van der Waals surface area contributed by atoms with E-state index in [1.54, 1.807) is 13.3 Å². The summed E-state index contributed by atoms with van der Waals surface area (Å²) in [6, 6.07) is 12.3. The van der Waals surface area contributed by atoms with Crippen LogP contribution in [0.2, 0.25) is 0 Å². The molecule has 178 valence electrons. The zero-order chi connectivity index (χ0) is 23.5. The predicted molar refractivity (Wildman–Crippen MR) is 134 cm³/mol. The van der Waals surface area contributed by atoms with Crippen LogP contribution in [0.1, 0.15) is 59.3 Å². The number of carbonyl (C=O) groups is 1. The molecule has 1 saturated heterocycles. The number of benzene rings is 1. The van der Waals surface area contributed by atoms with Crippen molar-refractivity contribution >= 4 is 22.8 Å². The molecule has 0 spiro atoms. The van der Waals surface area contributed by atoms with Crippen molar-refractivity contribution in [1.29, 1.82) is 0 Å². The van der Waals surface area contributed by atoms with Crippen LogP contribution in [0.3, 0.4) is 0 Å². The van der Waals surface area contributed by atoms with Crippen molar-refractivity contribution in [3.63, 3.8) is 0 Å². The first kappa shape index (κ1) is 24.6. The van der Waals surface area contributed by atoms with Gasteiger partial charge >= 0.3 is 0 Å². The number of fused-ring (bicyclic) bond motifs is 1. The van der Waals surface area contributed by atoms with Gasteiger partial charge in [-0.3, -0.25) is 4.79 Å². The number of nitrogens with zero attached hydrogens (tertiary/aromatic N) is 3. The Kier molecular flexibility index (Phi) is 9.54. The lowest BCUT2D eigenvalue weighted by Crippen LogP contribution is -2.44. The number of aromatic nitrogens is 3. The van der Waals surface area contributed by atoms with Gasteiger partial charge in [-0.1, -0.05) is 38.8 Å². The number of ether oxygens (including phenoxy) is 1. The number of aromatic amines is 1. The van der Waals surface area contributed by atoms with E-state index in [0.29, 0.717) is 12.1 Å². The Bertz CT molecular complexity index is 967. The number of rotatable bonds is 8. The number of pyridine rings is 1. The van der Waals surface area contributed by atoms with E-state index in [-0.39, 0.29) is 5.91 Å². The second-order valence-corrected chi connectivity index (χ2v) is 8.49. The molecule has 33 heavy (non-hydrogen) atoms. The Hall–Kier alpha value is -3.09. The molecule has 3 aromatic rings. The molecule has 0 aliphatic carbocycles. The van der Waals surface area contributed by atoms with Gasteiger partial charge in [0.1, 0.15) is 17.1 Å². The van der Waals surface area contributed by atoms with Crippen molar-refractivity contribution in [2.45, 2.75) is 71.4 Å². The molecule has 1 fully saturated rings. The molecule has 0 saturated carbocycles. The summed E-state index contributed by atoms with van der Waals surface area (Å²) >= 11 is 0. The van der Waals surface area contributed by atoms with Crippen molar-refractivity contribution in [2.75, 3.05) is 18.0 Å². The van der Waals surface area contributed by atoms with Gasteiger partial charge in [0, 0.05) is 32.3 Å². The first-order valence-corrected chi connectivity index (χ1v) is 12.1. The standard InChI is InChI=1S/C14H20N2O.C12H17N3O/c1-3-5-7-11(4-2)17-13-9-6-8-12-14(13)16-10-15-12;1-10(16)14-11-5-8-15(9-6-11)12-4-2-3-7-13-12/h6,8-11H,3-5,7H2,1-2H3,(H,15,16);2-4,7,11H,5-6,8-9H2,1H3,(H,14,16). The van der Waals surface area contributed by atoms with E-state index >= 15 is 0 Å². The highest BCUT2D eigenvalue weighted by Crippen LogP contribution is 2.25. The summed E-state index contributed by atoms with van der Waals surface area (Å²) in [6.07, 6.45) is 10.4. The molecule has 1 amide bonds. The van der Waals surface area contributed by atoms with Crippen molar-refractivity contribution in [3.8, 4) is 5.75 Å². The minimum Gasteiger partial charge on any atom is -0.488 e. The van der Waals surface area contributed by atoms with Crippen molar-refractivity contribution in [2.24, 2.45) is 0 Å². The van der Waals surface area contributed by atoms with Crippen LogP contribution in [0.25, 0.3) is 11.0 Å². The number of carbonyl (C=O) groups excluding carboxylic acids is 1. The third-order valence-corrected chi connectivity index (χ3v) is 5.92. The highest BCUT2D eigenvalue weighted by atomic mass is 16.5. The van der Waals surface area contributed by atoms with Crippen LogP contribution < -0.4 is 15.0 Å². The quantitative estimate of drug-likeness (QED) is 0.498. The molecule has 1 aliphatic rings. The fourth-order valence-electron chi connectivity index (χ4n) is 4.07. The number of hydrogen-bond donors (Lipinski definition) is 2. The SMILES string of the molecule is CC(=O)NC1CCN(c2ccccn2)CC1.CCCCC(CC)Oc1cccc2[nH]cnc12. The summed E-state index contributed by atoms with van der Waals surface area (Å²) in [7, 11) is 0. The second-order valence-electron chi connectivity index (χ2n) is 8.49. The first-order valence-electron chi connectivity index (χ1n) is 12.1. The maximum Gasteiger partial charge on any atom is 0.217 e. The predicted octanol–water partition coefficient (Wildman–Crippen LogP) is 5.10. The maximum absolute atomic E-state index is 10.9. The van der Waals surface area contributed by atoms with Crippen LogP contribution >= 0.6 is 0 Å². The average Bonchev–Trinajstić information content (AvgIpc) is 3.33. The molecule has 1 aliphatic heterocycles. The lowest BCUT2D eigenvalue weighted by molar-refractivity contribution is -0.119. The van der Waals surface area contributed by atoms with Crippen LogP contribution in [0.4, 0.5) is 5.82 Å². The minimum absolute atomic E-state index is 0.0660. The summed E-state index contributed by atoms with van der Waals surface area (Å²) in [5.74, 6) is 1.99. The zero-order valence-corrected chi connectivity index (χ0v) is 20.1. The fourth-order valence-corrected chi connectivity index (χ4v) is 4.07. The number of unbranched alkanes of at least 4 members (excludes halogenated alkanes) is 1. The Balaban J connectivity index is 0.000000186. The topological polar surface area (TPSA) is 83.1 Å². The Morgan fingerprint density at radius 1 is 1.18 bits per heavy atom. The largest absolute Gasteiger partial charge is 0.488 e. The molecule has 1 atom stereocenters. The molecule has 2 N–H and O–H groups in total. The molecule has 7 nitrogen and oxygen atoms in total. The molecule has 3 heterocycles. The number of imidazole rings is 1. The molecule has 7 heteroatoms. The van der Waals surface area contributed by atoms with E-state index in [1.807, 2.05) is 42.6 Å². The number of hydrogen-bond acceptors (Lipinski definition) is 5. The van der Waals surface area contributed by atoms with Gasteiger partial charge in [0.15, 0.2) is 0 Å². The Morgan fingerprint density at radius 2 is 2.00 bits per heavy atom. The van der Waals surface area contributed by atoms with Gasteiger partial charge < -0.3 is 19.9 Å². The van der Waals surface area contributed by atoms with Gasteiger partial charge in [0.25, 0.3) is 0 Å². The van der Waals surface area contributed by atoms with Crippen molar-refractivity contribution in [3.05, 3.63) is 48.9 Å². The summed E-state index contributed by atoms with van der Waals surface area (Å²) in [5.41, 5.74) is 1.97. The molecule has 0 bridgehead atoms. The van der Waals surface area contributed by atoms with Crippen molar-refractivity contribution < 1.29 is 9.53 Å². The van der Waals surface area contributed by atoms with Gasteiger partial charge in [-0.05, 0) is 49.9 Å². The number of piperidine rings is 1. The smallest absolute Gasteiger partial charge is 0.217 e. The van der Waals surface area contributed by atoms with E-state index in [2.05, 4.69) is 39.0 Å². The van der Waals surface area contributed by atoms with E-state index in [9.17, 15) is 4.79 Å². The Morgan fingerprint density at radius 3 is 2.67 bits per heavy atom. The van der Waals surface area contributed by atoms with Crippen LogP contribution in [0.5, 0.6) is 5.75 Å². The summed E-state index contributed by atoms with van der Waals surface area (Å²) in [5, 5.41) is 2.97. The fraction of sp³-hybridized carbons (Fsp3) is 0.500. The van der Waals surface area contributed by atoms with E-state index < -0.39 is 0 Å². The number of amides is 1. The monoisotopic (exact) mass is 451 g/mol. The van der Waals surface area contributed by atoms with Gasteiger partial charge in [0.2, 0.25) is 5.91 Å². The van der Waals surface area contributed by atoms with Crippen LogP contribution in [-0.2, 0) is 4.79 Å². The highest BCUT2D eigenvalue weighted by Gasteiger charge is 2.20. The lowest BCUT2D eigenvalue weighted by atomic mass is 10.1. The molecular weight excluding hydrogens is 414 g/mol. The second kappa shape index (κ2) is 12.8.